The monoisotopic (exact) mass is 438 g/mol. The Balaban J connectivity index is 1.92. The molecular formula is C23H22N2O7. The third-order valence-electron chi connectivity index (χ3n) is 4.61. The molecule has 1 saturated heterocycles. The quantitative estimate of drug-likeness (QED) is 0.402. The van der Waals surface area contributed by atoms with E-state index in [-0.39, 0.29) is 16.8 Å². The summed E-state index contributed by atoms with van der Waals surface area (Å²) in [5.74, 6) is -1.18. The maximum atomic E-state index is 13.0. The zero-order chi connectivity index (χ0) is 23.3. The topological polar surface area (TPSA) is 111 Å². The largest absolute Gasteiger partial charge is 0.493 e. The number of barbiturate groups is 1. The van der Waals surface area contributed by atoms with Crippen molar-refractivity contribution in [2.24, 2.45) is 0 Å². The summed E-state index contributed by atoms with van der Waals surface area (Å²) in [4.78, 5) is 50.2. The molecule has 0 saturated carbocycles. The van der Waals surface area contributed by atoms with Crippen LogP contribution in [0.1, 0.15) is 29.3 Å². The molecule has 0 aromatic heterocycles. The predicted octanol–water partition coefficient (Wildman–Crippen LogP) is 2.94. The van der Waals surface area contributed by atoms with E-state index in [1.54, 1.807) is 18.2 Å². The molecule has 3 rings (SSSR count). The van der Waals surface area contributed by atoms with Gasteiger partial charge in [-0.25, -0.2) is 14.5 Å². The van der Waals surface area contributed by atoms with Crippen molar-refractivity contribution in [3.8, 4) is 11.5 Å². The third kappa shape index (κ3) is 4.61. The van der Waals surface area contributed by atoms with E-state index in [1.807, 2.05) is 6.92 Å². The number of hydrogen-bond donors (Lipinski definition) is 1. The van der Waals surface area contributed by atoms with E-state index in [1.165, 1.54) is 44.6 Å². The number of urea groups is 1. The Labute approximate surface area is 184 Å². The number of benzene rings is 2. The van der Waals surface area contributed by atoms with Gasteiger partial charge in [-0.1, -0.05) is 13.0 Å². The number of hydrogen-bond acceptors (Lipinski definition) is 7. The standard InChI is InChI=1S/C23H22N2O7/c1-4-11-32-18-10-5-14(13-19(18)30-2)12-17-20(26)24-23(29)25(21(17)27)16-8-6-15(7-9-16)22(28)31-3/h5-10,12-13H,4,11H2,1-3H3,(H,24,26,29)/b17-12+. The molecule has 2 aromatic carbocycles. The molecule has 1 aliphatic rings. The van der Waals surface area contributed by atoms with Gasteiger partial charge in [-0.2, -0.15) is 0 Å². The van der Waals surface area contributed by atoms with Gasteiger partial charge in [0.25, 0.3) is 11.8 Å². The van der Waals surface area contributed by atoms with Crippen molar-refractivity contribution in [1.29, 1.82) is 0 Å². The normalized spacial score (nSPS) is 14.9. The molecule has 9 heteroatoms. The molecule has 1 fully saturated rings. The highest BCUT2D eigenvalue weighted by molar-refractivity contribution is 6.39. The van der Waals surface area contributed by atoms with Crippen LogP contribution in [0.25, 0.3) is 6.08 Å². The summed E-state index contributed by atoms with van der Waals surface area (Å²) in [5.41, 5.74) is 0.732. The molecule has 1 aliphatic heterocycles. The molecule has 0 radical (unpaired) electrons. The molecule has 1 N–H and O–H groups in total. The number of rotatable bonds is 7. The van der Waals surface area contributed by atoms with E-state index in [0.717, 1.165) is 11.3 Å². The summed E-state index contributed by atoms with van der Waals surface area (Å²) in [6, 6.07) is 9.77. The van der Waals surface area contributed by atoms with Crippen LogP contribution in [0.4, 0.5) is 10.5 Å². The van der Waals surface area contributed by atoms with Crippen molar-refractivity contribution in [3.05, 3.63) is 59.2 Å². The molecule has 0 bridgehead atoms. The van der Waals surface area contributed by atoms with Gasteiger partial charge in [0.15, 0.2) is 11.5 Å². The highest BCUT2D eigenvalue weighted by atomic mass is 16.5. The molecule has 1 heterocycles. The Hall–Kier alpha value is -4.14. The summed E-state index contributed by atoms with van der Waals surface area (Å²) in [5, 5.41) is 2.16. The fourth-order valence-electron chi connectivity index (χ4n) is 3.03. The van der Waals surface area contributed by atoms with Crippen LogP contribution in [0.15, 0.2) is 48.0 Å². The van der Waals surface area contributed by atoms with Crippen molar-refractivity contribution in [3.63, 3.8) is 0 Å². The van der Waals surface area contributed by atoms with Crippen molar-refractivity contribution in [2.75, 3.05) is 25.7 Å². The summed E-state index contributed by atoms with van der Waals surface area (Å²) in [6.45, 7) is 2.50. The van der Waals surface area contributed by atoms with Crippen LogP contribution in [-0.2, 0) is 14.3 Å². The molecule has 0 atom stereocenters. The number of amides is 4. The molecule has 2 aromatic rings. The Kier molecular flexibility index (Phi) is 6.89. The zero-order valence-corrected chi connectivity index (χ0v) is 17.8. The van der Waals surface area contributed by atoms with Gasteiger partial charge in [-0.15, -0.1) is 0 Å². The summed E-state index contributed by atoms with van der Waals surface area (Å²) in [7, 11) is 2.74. The maximum absolute atomic E-state index is 13.0. The number of nitrogens with zero attached hydrogens (tertiary/aromatic N) is 1. The van der Waals surface area contributed by atoms with E-state index < -0.39 is 23.8 Å². The van der Waals surface area contributed by atoms with Gasteiger partial charge in [0.2, 0.25) is 0 Å². The molecule has 166 valence electrons. The average molecular weight is 438 g/mol. The van der Waals surface area contributed by atoms with Crippen LogP contribution in [0.2, 0.25) is 0 Å². The Morgan fingerprint density at radius 2 is 1.75 bits per heavy atom. The number of carbonyl (C=O) groups is 4. The zero-order valence-electron chi connectivity index (χ0n) is 17.8. The number of methoxy groups -OCH3 is 2. The van der Waals surface area contributed by atoms with Gasteiger partial charge in [0, 0.05) is 0 Å². The van der Waals surface area contributed by atoms with Crippen molar-refractivity contribution in [1.82, 2.24) is 5.32 Å². The van der Waals surface area contributed by atoms with Gasteiger partial charge in [-0.3, -0.25) is 14.9 Å². The number of carbonyl (C=O) groups excluding carboxylic acids is 4. The van der Waals surface area contributed by atoms with Crippen LogP contribution in [0.3, 0.4) is 0 Å². The van der Waals surface area contributed by atoms with Crippen LogP contribution in [-0.4, -0.2) is 44.6 Å². The summed E-state index contributed by atoms with van der Waals surface area (Å²) in [6.07, 6.45) is 2.19. The number of anilines is 1. The highest BCUT2D eigenvalue weighted by Gasteiger charge is 2.36. The lowest BCUT2D eigenvalue weighted by Gasteiger charge is -2.26. The second-order valence-corrected chi connectivity index (χ2v) is 6.76. The molecule has 9 nitrogen and oxygen atoms in total. The van der Waals surface area contributed by atoms with Gasteiger partial charge in [0.05, 0.1) is 32.1 Å². The minimum absolute atomic E-state index is 0.194. The molecular weight excluding hydrogens is 416 g/mol. The lowest BCUT2D eigenvalue weighted by molar-refractivity contribution is -0.122. The van der Waals surface area contributed by atoms with Crippen LogP contribution in [0.5, 0.6) is 11.5 Å². The first-order chi connectivity index (χ1) is 15.4. The number of imide groups is 2. The molecule has 32 heavy (non-hydrogen) atoms. The minimum atomic E-state index is -0.885. The fraction of sp³-hybridized carbons (Fsp3) is 0.217. The summed E-state index contributed by atoms with van der Waals surface area (Å²) < 4.78 is 15.6. The summed E-state index contributed by atoms with van der Waals surface area (Å²) >= 11 is 0. The van der Waals surface area contributed by atoms with Gasteiger partial charge < -0.3 is 14.2 Å². The van der Waals surface area contributed by atoms with Crippen molar-refractivity contribution in [2.45, 2.75) is 13.3 Å². The first-order valence-corrected chi connectivity index (χ1v) is 9.80. The lowest BCUT2D eigenvalue weighted by atomic mass is 10.1. The minimum Gasteiger partial charge on any atom is -0.493 e. The number of nitrogens with one attached hydrogen (secondary N) is 1. The smallest absolute Gasteiger partial charge is 0.337 e. The average Bonchev–Trinajstić information content (AvgIpc) is 2.80. The van der Waals surface area contributed by atoms with E-state index >= 15 is 0 Å². The van der Waals surface area contributed by atoms with E-state index in [9.17, 15) is 19.2 Å². The second kappa shape index (κ2) is 9.78. The van der Waals surface area contributed by atoms with Crippen molar-refractivity contribution < 1.29 is 33.4 Å². The second-order valence-electron chi connectivity index (χ2n) is 6.76. The number of esters is 1. The van der Waals surface area contributed by atoms with Gasteiger partial charge in [0.1, 0.15) is 5.57 Å². The van der Waals surface area contributed by atoms with Crippen LogP contribution >= 0.6 is 0 Å². The van der Waals surface area contributed by atoms with E-state index in [4.69, 9.17) is 9.47 Å². The van der Waals surface area contributed by atoms with E-state index in [2.05, 4.69) is 10.1 Å². The van der Waals surface area contributed by atoms with Gasteiger partial charge in [-0.05, 0) is 54.5 Å². The molecule has 4 amide bonds. The molecule has 0 aliphatic carbocycles. The highest BCUT2D eigenvalue weighted by Crippen LogP contribution is 2.30. The third-order valence-corrected chi connectivity index (χ3v) is 4.61. The SMILES string of the molecule is CCCOc1ccc(/C=C2\C(=O)NC(=O)N(c3ccc(C(=O)OC)cc3)C2=O)cc1OC. The Morgan fingerprint density at radius 3 is 2.38 bits per heavy atom. The predicted molar refractivity (Wildman–Crippen MR) is 116 cm³/mol. The Morgan fingerprint density at radius 1 is 1.03 bits per heavy atom. The fourth-order valence-corrected chi connectivity index (χ4v) is 3.03. The molecule has 0 spiro atoms. The number of ether oxygens (including phenoxy) is 3. The van der Waals surface area contributed by atoms with E-state index in [0.29, 0.717) is 23.7 Å². The maximum Gasteiger partial charge on any atom is 0.337 e. The lowest BCUT2D eigenvalue weighted by Crippen LogP contribution is -2.54. The first-order valence-electron chi connectivity index (χ1n) is 9.80. The van der Waals surface area contributed by atoms with Crippen LogP contribution in [0, 0.1) is 0 Å². The Bertz CT molecular complexity index is 1090. The first kappa shape index (κ1) is 22.5. The van der Waals surface area contributed by atoms with Crippen molar-refractivity contribution >= 4 is 35.6 Å². The molecule has 0 unspecified atom stereocenters. The van der Waals surface area contributed by atoms with Crippen LogP contribution < -0.4 is 19.7 Å². The van der Waals surface area contributed by atoms with Gasteiger partial charge >= 0.3 is 12.0 Å².